The number of thiazole rings is 1. The molecular formula is C14H16N2O3S. The number of carbonyl (C=O) groups excluding carboxylic acids is 1. The first-order chi connectivity index (χ1) is 9.65. The third kappa shape index (κ3) is 3.08. The Labute approximate surface area is 121 Å². The van der Waals surface area contributed by atoms with Crippen molar-refractivity contribution in [2.24, 2.45) is 0 Å². The second-order valence-corrected chi connectivity index (χ2v) is 4.94. The minimum absolute atomic E-state index is 0.263. The van der Waals surface area contributed by atoms with Crippen LogP contribution < -0.4 is 10.5 Å². The molecule has 2 N–H and O–H groups in total. The molecular weight excluding hydrogens is 276 g/mol. The number of nitrogens with two attached hydrogens (primary N) is 1. The lowest BCUT2D eigenvalue weighted by atomic mass is 10.1. The monoisotopic (exact) mass is 292 g/mol. The van der Waals surface area contributed by atoms with Gasteiger partial charge in [-0.2, -0.15) is 0 Å². The van der Waals surface area contributed by atoms with Gasteiger partial charge < -0.3 is 15.2 Å². The zero-order valence-corrected chi connectivity index (χ0v) is 12.2. The molecule has 0 saturated heterocycles. The molecule has 1 aromatic heterocycles. The number of carbonyl (C=O) groups is 1. The second kappa shape index (κ2) is 6.38. The van der Waals surface area contributed by atoms with Gasteiger partial charge in [0.25, 0.3) is 0 Å². The topological polar surface area (TPSA) is 74.4 Å². The number of nitrogen functional groups attached to an aromatic ring is 1. The van der Waals surface area contributed by atoms with Gasteiger partial charge in [-0.25, -0.2) is 9.78 Å². The van der Waals surface area contributed by atoms with Crippen LogP contribution >= 0.6 is 11.3 Å². The second-order valence-electron chi connectivity index (χ2n) is 3.91. The van der Waals surface area contributed by atoms with Crippen LogP contribution in [0, 0.1) is 0 Å². The van der Waals surface area contributed by atoms with Gasteiger partial charge in [0.05, 0.1) is 18.1 Å². The third-order valence-electron chi connectivity index (χ3n) is 2.54. The van der Waals surface area contributed by atoms with E-state index in [0.717, 1.165) is 11.3 Å². The summed E-state index contributed by atoms with van der Waals surface area (Å²) in [6.45, 7) is 4.60. The Morgan fingerprint density at radius 1 is 1.25 bits per heavy atom. The van der Waals surface area contributed by atoms with Crippen LogP contribution in [0.2, 0.25) is 0 Å². The maximum Gasteiger partial charge on any atom is 0.358 e. The largest absolute Gasteiger partial charge is 0.494 e. The van der Waals surface area contributed by atoms with Gasteiger partial charge in [-0.15, -0.1) is 0 Å². The summed E-state index contributed by atoms with van der Waals surface area (Å²) in [4.78, 5) is 16.6. The van der Waals surface area contributed by atoms with Crippen LogP contribution in [0.5, 0.6) is 5.75 Å². The summed E-state index contributed by atoms with van der Waals surface area (Å²) in [6, 6.07) is 7.45. The number of rotatable bonds is 5. The van der Waals surface area contributed by atoms with Crippen LogP contribution in [0.4, 0.5) is 5.13 Å². The van der Waals surface area contributed by atoms with Crippen molar-refractivity contribution >= 4 is 22.4 Å². The highest BCUT2D eigenvalue weighted by Crippen LogP contribution is 2.33. The van der Waals surface area contributed by atoms with Crippen molar-refractivity contribution in [3.63, 3.8) is 0 Å². The lowest BCUT2D eigenvalue weighted by molar-refractivity contribution is 0.0521. The molecule has 106 valence electrons. The average molecular weight is 292 g/mol. The van der Waals surface area contributed by atoms with Gasteiger partial charge in [0.2, 0.25) is 0 Å². The van der Waals surface area contributed by atoms with Crippen molar-refractivity contribution in [2.75, 3.05) is 18.9 Å². The fourth-order valence-electron chi connectivity index (χ4n) is 1.74. The van der Waals surface area contributed by atoms with Gasteiger partial charge in [-0.1, -0.05) is 11.3 Å². The highest BCUT2D eigenvalue weighted by molar-refractivity contribution is 7.19. The first-order valence-corrected chi connectivity index (χ1v) is 7.14. The Morgan fingerprint density at radius 2 is 1.95 bits per heavy atom. The molecule has 1 heterocycles. The van der Waals surface area contributed by atoms with E-state index in [4.69, 9.17) is 15.2 Å². The van der Waals surface area contributed by atoms with E-state index in [1.165, 1.54) is 11.3 Å². The number of aromatic nitrogens is 1. The third-order valence-corrected chi connectivity index (χ3v) is 3.47. The maximum absolute atomic E-state index is 11.9. The van der Waals surface area contributed by atoms with Crippen molar-refractivity contribution in [1.29, 1.82) is 0 Å². The molecule has 0 spiro atoms. The number of hydrogen-bond donors (Lipinski definition) is 1. The average Bonchev–Trinajstić information content (AvgIpc) is 2.82. The van der Waals surface area contributed by atoms with E-state index in [-0.39, 0.29) is 5.69 Å². The van der Waals surface area contributed by atoms with E-state index >= 15 is 0 Å². The highest BCUT2D eigenvalue weighted by Gasteiger charge is 2.19. The molecule has 0 radical (unpaired) electrons. The summed E-state index contributed by atoms with van der Waals surface area (Å²) in [5.74, 6) is 0.329. The van der Waals surface area contributed by atoms with Crippen molar-refractivity contribution in [3.8, 4) is 16.2 Å². The van der Waals surface area contributed by atoms with Gasteiger partial charge in [0.1, 0.15) is 5.75 Å². The lowest BCUT2D eigenvalue weighted by Crippen LogP contribution is -2.06. The molecule has 5 nitrogen and oxygen atoms in total. The molecule has 0 aliphatic rings. The zero-order valence-electron chi connectivity index (χ0n) is 11.4. The summed E-state index contributed by atoms with van der Waals surface area (Å²) in [6.07, 6.45) is 0. The lowest BCUT2D eigenvalue weighted by Gasteiger charge is -2.05. The molecule has 0 atom stereocenters. The number of hydrogen-bond acceptors (Lipinski definition) is 6. The maximum atomic E-state index is 11.9. The van der Waals surface area contributed by atoms with Crippen LogP contribution in [0.1, 0.15) is 24.3 Å². The first-order valence-electron chi connectivity index (χ1n) is 6.32. The number of anilines is 1. The van der Waals surface area contributed by atoms with Crippen molar-refractivity contribution in [3.05, 3.63) is 30.0 Å². The minimum Gasteiger partial charge on any atom is -0.494 e. The SMILES string of the molecule is CCOC(=O)c1nc(N)sc1-c1ccc(OCC)cc1. The van der Waals surface area contributed by atoms with Gasteiger partial charge in [-0.05, 0) is 43.7 Å². The van der Waals surface area contributed by atoms with Gasteiger partial charge in [-0.3, -0.25) is 0 Å². The molecule has 2 rings (SSSR count). The van der Waals surface area contributed by atoms with Gasteiger partial charge in [0, 0.05) is 0 Å². The standard InChI is InChI=1S/C14H16N2O3S/c1-3-18-10-7-5-9(6-8-10)12-11(13(17)19-4-2)16-14(15)20-12/h5-8H,3-4H2,1-2H3,(H2,15,16). The molecule has 0 aliphatic heterocycles. The summed E-state index contributed by atoms with van der Waals surface area (Å²) in [7, 11) is 0. The van der Waals surface area contributed by atoms with E-state index in [9.17, 15) is 4.79 Å². The first kappa shape index (κ1) is 14.3. The van der Waals surface area contributed by atoms with Gasteiger partial charge in [0.15, 0.2) is 10.8 Å². The van der Waals surface area contributed by atoms with Crippen molar-refractivity contribution < 1.29 is 14.3 Å². The molecule has 2 aromatic rings. The smallest absolute Gasteiger partial charge is 0.358 e. The number of esters is 1. The summed E-state index contributed by atoms with van der Waals surface area (Å²) < 4.78 is 10.4. The van der Waals surface area contributed by atoms with E-state index < -0.39 is 5.97 Å². The number of benzene rings is 1. The fraction of sp³-hybridized carbons (Fsp3) is 0.286. The van der Waals surface area contributed by atoms with Crippen molar-refractivity contribution in [2.45, 2.75) is 13.8 Å². The van der Waals surface area contributed by atoms with E-state index in [1.807, 2.05) is 31.2 Å². The van der Waals surface area contributed by atoms with E-state index in [2.05, 4.69) is 4.98 Å². The van der Waals surface area contributed by atoms with Crippen LogP contribution in [-0.2, 0) is 4.74 Å². The molecule has 0 saturated carbocycles. The summed E-state index contributed by atoms with van der Waals surface area (Å²) in [5.41, 5.74) is 6.83. The summed E-state index contributed by atoms with van der Waals surface area (Å²) >= 11 is 1.27. The Bertz CT molecular complexity index is 593. The molecule has 20 heavy (non-hydrogen) atoms. The fourth-order valence-corrected chi connectivity index (χ4v) is 2.56. The minimum atomic E-state index is -0.454. The Morgan fingerprint density at radius 3 is 2.55 bits per heavy atom. The Hall–Kier alpha value is -2.08. The molecule has 0 amide bonds. The van der Waals surface area contributed by atoms with E-state index in [1.54, 1.807) is 6.92 Å². The van der Waals surface area contributed by atoms with Crippen LogP contribution in [-0.4, -0.2) is 24.2 Å². The Kier molecular flexibility index (Phi) is 4.57. The quantitative estimate of drug-likeness (QED) is 0.857. The Balaban J connectivity index is 2.34. The zero-order chi connectivity index (χ0) is 14.5. The predicted molar refractivity (Wildman–Crippen MR) is 79.1 cm³/mol. The van der Waals surface area contributed by atoms with E-state index in [0.29, 0.717) is 23.2 Å². The van der Waals surface area contributed by atoms with Crippen molar-refractivity contribution in [1.82, 2.24) is 4.98 Å². The molecule has 0 aliphatic carbocycles. The summed E-state index contributed by atoms with van der Waals surface area (Å²) in [5, 5.41) is 0.344. The van der Waals surface area contributed by atoms with Gasteiger partial charge >= 0.3 is 5.97 Å². The number of nitrogens with zero attached hydrogens (tertiary/aromatic N) is 1. The molecule has 0 fully saturated rings. The predicted octanol–water partition coefficient (Wildman–Crippen LogP) is 2.97. The van der Waals surface area contributed by atoms with Crippen LogP contribution in [0.3, 0.4) is 0 Å². The number of ether oxygens (including phenoxy) is 2. The van der Waals surface area contributed by atoms with Crippen LogP contribution in [0.25, 0.3) is 10.4 Å². The molecule has 1 aromatic carbocycles. The molecule has 6 heteroatoms. The normalized spacial score (nSPS) is 10.3. The highest BCUT2D eigenvalue weighted by atomic mass is 32.1. The molecule has 0 bridgehead atoms. The van der Waals surface area contributed by atoms with Crippen LogP contribution in [0.15, 0.2) is 24.3 Å². The molecule has 0 unspecified atom stereocenters.